The molecule has 6 heteroatoms. The lowest BCUT2D eigenvalue weighted by Gasteiger charge is -2.47. The minimum atomic E-state index is -0.272. The number of nitrogens with zero attached hydrogens (tertiary/aromatic N) is 4. The zero-order valence-electron chi connectivity index (χ0n) is 15.8. The van der Waals surface area contributed by atoms with E-state index in [4.69, 9.17) is 0 Å². The molecule has 1 spiro atoms. The van der Waals surface area contributed by atoms with Gasteiger partial charge in [0.15, 0.2) is 5.82 Å². The number of anilines is 1. The second kappa shape index (κ2) is 6.34. The molecule has 1 fully saturated rings. The van der Waals surface area contributed by atoms with Crippen molar-refractivity contribution in [3.63, 3.8) is 0 Å². The van der Waals surface area contributed by atoms with Crippen LogP contribution in [0.1, 0.15) is 28.7 Å². The Hall–Kier alpha value is -2.86. The van der Waals surface area contributed by atoms with Gasteiger partial charge in [0.1, 0.15) is 5.54 Å². The fourth-order valence-electron chi connectivity index (χ4n) is 4.56. The number of carbonyl (C=O) groups excluding carboxylic acids is 1. The molecule has 5 heterocycles. The van der Waals surface area contributed by atoms with Gasteiger partial charge < -0.3 is 14.4 Å². The van der Waals surface area contributed by atoms with E-state index in [9.17, 15) is 4.79 Å². The van der Waals surface area contributed by atoms with Gasteiger partial charge in [-0.05, 0) is 49.1 Å². The molecule has 0 aromatic carbocycles. The first-order chi connectivity index (χ1) is 13.6. The molecule has 1 amide bonds. The molecule has 1 atom stereocenters. The van der Waals surface area contributed by atoms with E-state index >= 15 is 0 Å². The molecule has 5 rings (SSSR count). The van der Waals surface area contributed by atoms with Crippen LogP contribution in [0.25, 0.3) is 5.82 Å². The number of aromatic nitrogens is 2. The molecular formula is C22H22N4OS. The van der Waals surface area contributed by atoms with Gasteiger partial charge in [0.2, 0.25) is 0 Å². The van der Waals surface area contributed by atoms with E-state index in [0.717, 1.165) is 41.5 Å². The Morgan fingerprint density at radius 1 is 1.29 bits per heavy atom. The second-order valence-electron chi connectivity index (χ2n) is 7.64. The third kappa shape index (κ3) is 2.44. The molecule has 2 aliphatic rings. The molecule has 0 bridgehead atoms. The van der Waals surface area contributed by atoms with Gasteiger partial charge in [0.25, 0.3) is 5.91 Å². The normalized spacial score (nSPS) is 20.3. The largest absolute Gasteiger partial charge is 0.351 e. The van der Waals surface area contributed by atoms with Crippen molar-refractivity contribution in [1.29, 1.82) is 0 Å². The summed E-state index contributed by atoms with van der Waals surface area (Å²) in [5, 5.41) is 1.96. The average Bonchev–Trinajstić information content (AvgIpc) is 3.45. The first-order valence-corrected chi connectivity index (χ1v) is 10.4. The maximum Gasteiger partial charge on any atom is 0.264 e. The minimum Gasteiger partial charge on any atom is -0.351 e. The third-order valence-electron chi connectivity index (χ3n) is 5.72. The Morgan fingerprint density at radius 3 is 2.96 bits per heavy atom. The predicted molar refractivity (Wildman–Crippen MR) is 112 cm³/mol. The average molecular weight is 391 g/mol. The molecule has 1 unspecified atom stereocenters. The van der Waals surface area contributed by atoms with Crippen LogP contribution in [0, 0.1) is 0 Å². The Morgan fingerprint density at radius 2 is 2.18 bits per heavy atom. The summed E-state index contributed by atoms with van der Waals surface area (Å²) >= 11 is 1.51. The topological polar surface area (TPSA) is 41.4 Å². The van der Waals surface area contributed by atoms with E-state index in [1.807, 2.05) is 34.7 Å². The number of thiophene rings is 1. The van der Waals surface area contributed by atoms with Crippen LogP contribution in [-0.4, -0.2) is 40.0 Å². The summed E-state index contributed by atoms with van der Waals surface area (Å²) < 4.78 is 2.18. The third-order valence-corrected chi connectivity index (χ3v) is 6.58. The van der Waals surface area contributed by atoms with Crippen LogP contribution in [-0.2, 0) is 5.54 Å². The maximum absolute atomic E-state index is 13.0. The molecule has 0 saturated carbocycles. The summed E-state index contributed by atoms with van der Waals surface area (Å²) in [5.41, 5.74) is 3.11. The van der Waals surface area contributed by atoms with E-state index in [0.29, 0.717) is 6.54 Å². The molecule has 0 aliphatic carbocycles. The highest BCUT2D eigenvalue weighted by molar-refractivity contribution is 7.12. The van der Waals surface area contributed by atoms with Crippen molar-refractivity contribution in [2.75, 3.05) is 24.5 Å². The number of amides is 1. The number of rotatable bonds is 3. The minimum absolute atomic E-state index is 0.122. The zero-order valence-corrected chi connectivity index (χ0v) is 16.7. The zero-order chi connectivity index (χ0) is 19.3. The summed E-state index contributed by atoms with van der Waals surface area (Å²) in [7, 11) is 0. The van der Waals surface area contributed by atoms with Crippen molar-refractivity contribution in [2.24, 2.45) is 0 Å². The highest BCUT2D eigenvalue weighted by Crippen LogP contribution is 2.47. The number of likely N-dealkylation sites (tertiary alicyclic amines) is 1. The first kappa shape index (κ1) is 17.3. The summed E-state index contributed by atoms with van der Waals surface area (Å²) in [5.74, 6) is 1.06. The van der Waals surface area contributed by atoms with Crippen LogP contribution in [0.15, 0.2) is 66.3 Å². The van der Waals surface area contributed by atoms with Gasteiger partial charge in [0, 0.05) is 32.0 Å². The van der Waals surface area contributed by atoms with E-state index in [2.05, 4.69) is 52.3 Å². The quantitative estimate of drug-likeness (QED) is 0.633. The molecule has 28 heavy (non-hydrogen) atoms. The molecule has 3 aromatic rings. The van der Waals surface area contributed by atoms with Crippen LogP contribution < -0.4 is 4.90 Å². The van der Waals surface area contributed by atoms with Gasteiger partial charge in [-0.1, -0.05) is 18.2 Å². The number of hydrogen-bond acceptors (Lipinski definition) is 4. The summed E-state index contributed by atoms with van der Waals surface area (Å²) in [6.45, 7) is 8.37. The second-order valence-corrected chi connectivity index (χ2v) is 8.59. The SMILES string of the molecule is C=C(C)CN1c2cccnc2-n2cccc2C12CCN(C(=O)c1cccs1)C2. The van der Waals surface area contributed by atoms with Gasteiger partial charge >= 0.3 is 0 Å². The molecule has 1 saturated heterocycles. The Labute approximate surface area is 168 Å². The van der Waals surface area contributed by atoms with E-state index < -0.39 is 0 Å². The Kier molecular flexibility index (Phi) is 3.91. The van der Waals surface area contributed by atoms with Crippen molar-refractivity contribution in [1.82, 2.24) is 14.5 Å². The van der Waals surface area contributed by atoms with Gasteiger partial charge in [-0.3, -0.25) is 4.79 Å². The highest BCUT2D eigenvalue weighted by atomic mass is 32.1. The fraction of sp³-hybridized carbons (Fsp3) is 0.273. The van der Waals surface area contributed by atoms with Crippen LogP contribution >= 0.6 is 11.3 Å². The van der Waals surface area contributed by atoms with Crippen molar-refractivity contribution >= 4 is 22.9 Å². The molecular weight excluding hydrogens is 368 g/mol. The predicted octanol–water partition coefficient (Wildman–Crippen LogP) is 4.07. The summed E-state index contributed by atoms with van der Waals surface area (Å²) in [6.07, 6.45) is 4.79. The monoisotopic (exact) mass is 390 g/mol. The lowest BCUT2D eigenvalue weighted by Crippen LogP contribution is -2.53. The Bertz CT molecular complexity index is 1050. The molecule has 0 radical (unpaired) electrons. The van der Waals surface area contributed by atoms with Crippen molar-refractivity contribution < 1.29 is 4.79 Å². The fourth-order valence-corrected chi connectivity index (χ4v) is 5.25. The number of pyridine rings is 1. The van der Waals surface area contributed by atoms with Gasteiger partial charge in [-0.2, -0.15) is 0 Å². The van der Waals surface area contributed by atoms with Crippen molar-refractivity contribution in [2.45, 2.75) is 18.9 Å². The molecule has 142 valence electrons. The van der Waals surface area contributed by atoms with Gasteiger partial charge in [0.05, 0.1) is 16.3 Å². The summed E-state index contributed by atoms with van der Waals surface area (Å²) in [4.78, 5) is 22.9. The Balaban J connectivity index is 1.61. The number of hydrogen-bond donors (Lipinski definition) is 0. The summed E-state index contributed by atoms with van der Waals surface area (Å²) in [6, 6.07) is 12.2. The lowest BCUT2D eigenvalue weighted by molar-refractivity contribution is 0.0787. The van der Waals surface area contributed by atoms with E-state index in [-0.39, 0.29) is 11.4 Å². The number of carbonyl (C=O) groups is 1. The maximum atomic E-state index is 13.0. The van der Waals surface area contributed by atoms with Gasteiger partial charge in [-0.15, -0.1) is 11.3 Å². The smallest absolute Gasteiger partial charge is 0.264 e. The molecule has 3 aromatic heterocycles. The van der Waals surface area contributed by atoms with Gasteiger partial charge in [-0.25, -0.2) is 4.98 Å². The van der Waals surface area contributed by atoms with E-state index in [1.54, 1.807) is 0 Å². The van der Waals surface area contributed by atoms with Crippen molar-refractivity contribution in [3.8, 4) is 5.82 Å². The van der Waals surface area contributed by atoms with Crippen LogP contribution in [0.2, 0.25) is 0 Å². The van der Waals surface area contributed by atoms with Crippen LogP contribution in [0.5, 0.6) is 0 Å². The van der Waals surface area contributed by atoms with Crippen molar-refractivity contribution in [3.05, 3.63) is 76.9 Å². The molecule has 5 nitrogen and oxygen atoms in total. The highest BCUT2D eigenvalue weighted by Gasteiger charge is 2.50. The van der Waals surface area contributed by atoms with Crippen LogP contribution in [0.4, 0.5) is 5.69 Å². The first-order valence-electron chi connectivity index (χ1n) is 9.48. The van der Waals surface area contributed by atoms with E-state index in [1.165, 1.54) is 17.0 Å². The lowest BCUT2D eigenvalue weighted by atomic mass is 9.88. The van der Waals surface area contributed by atoms with Crippen LogP contribution in [0.3, 0.4) is 0 Å². The standard InChI is InChI=1S/C22H22N4OS/c1-16(2)14-26-17-6-3-10-23-20(17)25-11-4-8-19(25)22(26)9-12-24(15-22)21(27)18-7-5-13-28-18/h3-8,10-11,13H,1,9,12,14-15H2,2H3. The molecule has 2 aliphatic heterocycles. The number of fused-ring (bicyclic) bond motifs is 4. The molecule has 0 N–H and O–H groups in total.